The molecule has 7 nitrogen and oxygen atoms in total. The fourth-order valence-electron chi connectivity index (χ4n) is 1.69. The number of pyridine rings is 1. The molecular formula is C11H11ClN6O. The second-order valence-electron chi connectivity index (χ2n) is 4.19. The van der Waals surface area contributed by atoms with Crippen molar-refractivity contribution in [1.29, 1.82) is 0 Å². The largest absolute Gasteiger partial charge is 0.318 e. The highest BCUT2D eigenvalue weighted by molar-refractivity contribution is 6.32. The topological polar surface area (TPSA) is 84.7 Å². The molecule has 1 aliphatic rings. The molecule has 2 N–H and O–H groups in total. The van der Waals surface area contributed by atoms with Crippen molar-refractivity contribution in [2.24, 2.45) is 0 Å². The number of nitrogens with zero attached hydrogens (tertiary/aromatic N) is 4. The van der Waals surface area contributed by atoms with Gasteiger partial charge >= 0.3 is 0 Å². The molecule has 1 fully saturated rings. The van der Waals surface area contributed by atoms with Gasteiger partial charge in [-0.2, -0.15) is 0 Å². The van der Waals surface area contributed by atoms with Crippen molar-refractivity contribution in [3.8, 4) is 0 Å². The first-order chi connectivity index (χ1) is 9.24. The van der Waals surface area contributed by atoms with E-state index in [-0.39, 0.29) is 22.8 Å². The summed E-state index contributed by atoms with van der Waals surface area (Å²) in [5.74, 6) is -0.353. The van der Waals surface area contributed by atoms with Crippen molar-refractivity contribution >= 4 is 23.2 Å². The first-order valence-electron chi connectivity index (χ1n) is 5.78. The molecule has 98 valence electrons. The van der Waals surface area contributed by atoms with E-state index in [2.05, 4.69) is 25.9 Å². The van der Waals surface area contributed by atoms with Crippen molar-refractivity contribution < 1.29 is 4.79 Å². The van der Waals surface area contributed by atoms with E-state index in [1.165, 1.54) is 0 Å². The second kappa shape index (κ2) is 4.94. The first kappa shape index (κ1) is 12.1. The van der Waals surface area contributed by atoms with Gasteiger partial charge in [0.15, 0.2) is 10.8 Å². The molecule has 1 saturated heterocycles. The molecule has 0 aromatic carbocycles. The van der Waals surface area contributed by atoms with Crippen molar-refractivity contribution in [2.45, 2.75) is 6.04 Å². The number of rotatable bonds is 3. The Balaban J connectivity index is 1.73. The Kier molecular flexibility index (Phi) is 3.14. The van der Waals surface area contributed by atoms with Gasteiger partial charge in [0, 0.05) is 19.3 Å². The molecule has 0 saturated carbocycles. The zero-order chi connectivity index (χ0) is 13.2. The minimum absolute atomic E-state index is 0.242. The van der Waals surface area contributed by atoms with E-state index in [1.807, 2.05) is 0 Å². The van der Waals surface area contributed by atoms with Gasteiger partial charge in [-0.05, 0) is 12.1 Å². The van der Waals surface area contributed by atoms with E-state index in [0.29, 0.717) is 5.69 Å². The van der Waals surface area contributed by atoms with Crippen LogP contribution in [0.4, 0.5) is 5.69 Å². The average Bonchev–Trinajstić information content (AvgIpc) is 2.79. The van der Waals surface area contributed by atoms with Crippen LogP contribution >= 0.6 is 11.6 Å². The SMILES string of the molecule is O=C(Nc1cccnc1Cl)c1cn(C2CNC2)nn1. The Labute approximate surface area is 114 Å². The minimum Gasteiger partial charge on any atom is -0.318 e. The third-order valence-electron chi connectivity index (χ3n) is 2.88. The molecule has 8 heteroatoms. The number of hydrogen-bond donors (Lipinski definition) is 2. The summed E-state index contributed by atoms with van der Waals surface area (Å²) in [5, 5.41) is 13.8. The summed E-state index contributed by atoms with van der Waals surface area (Å²) in [7, 11) is 0. The second-order valence-corrected chi connectivity index (χ2v) is 4.55. The number of carbonyl (C=O) groups excluding carboxylic acids is 1. The summed E-state index contributed by atoms with van der Waals surface area (Å²) in [5.41, 5.74) is 0.709. The van der Waals surface area contributed by atoms with Crippen LogP contribution in [0.3, 0.4) is 0 Å². The van der Waals surface area contributed by atoms with E-state index in [9.17, 15) is 4.79 Å². The molecule has 3 heterocycles. The fourth-order valence-corrected chi connectivity index (χ4v) is 1.85. The predicted molar refractivity (Wildman–Crippen MR) is 69.1 cm³/mol. The fraction of sp³-hybridized carbons (Fsp3) is 0.273. The lowest BCUT2D eigenvalue weighted by atomic mass is 10.2. The smallest absolute Gasteiger partial charge is 0.277 e. The molecule has 1 amide bonds. The molecule has 0 atom stereocenters. The maximum Gasteiger partial charge on any atom is 0.277 e. The number of anilines is 1. The zero-order valence-corrected chi connectivity index (χ0v) is 10.6. The summed E-state index contributed by atoms with van der Waals surface area (Å²) < 4.78 is 1.69. The minimum atomic E-state index is -0.353. The standard InChI is InChI=1S/C11H11ClN6O/c12-10-8(2-1-3-14-10)15-11(19)9-6-18(17-16-9)7-4-13-5-7/h1-3,6-7,13H,4-5H2,(H,15,19). The summed E-state index contributed by atoms with van der Waals surface area (Å²) in [6.07, 6.45) is 3.18. The Bertz CT molecular complexity index is 609. The van der Waals surface area contributed by atoms with Crippen LogP contribution in [0.1, 0.15) is 16.5 Å². The molecular weight excluding hydrogens is 268 g/mol. The molecule has 0 aliphatic carbocycles. The zero-order valence-electron chi connectivity index (χ0n) is 9.88. The number of aromatic nitrogens is 4. The lowest BCUT2D eigenvalue weighted by Crippen LogP contribution is -2.43. The van der Waals surface area contributed by atoms with E-state index in [4.69, 9.17) is 11.6 Å². The maximum atomic E-state index is 12.0. The Morgan fingerprint density at radius 1 is 1.53 bits per heavy atom. The van der Waals surface area contributed by atoms with Crippen LogP contribution in [-0.4, -0.2) is 39.0 Å². The molecule has 3 rings (SSSR count). The predicted octanol–water partition coefficient (Wildman–Crippen LogP) is 0.723. The van der Waals surface area contributed by atoms with E-state index >= 15 is 0 Å². The van der Waals surface area contributed by atoms with Gasteiger partial charge in [0.2, 0.25) is 0 Å². The van der Waals surface area contributed by atoms with Gasteiger partial charge in [-0.25, -0.2) is 9.67 Å². The number of halogens is 1. The number of hydrogen-bond acceptors (Lipinski definition) is 5. The number of amides is 1. The lowest BCUT2D eigenvalue weighted by molar-refractivity contribution is 0.102. The highest BCUT2D eigenvalue weighted by Gasteiger charge is 2.21. The van der Waals surface area contributed by atoms with Crippen molar-refractivity contribution in [3.63, 3.8) is 0 Å². The summed E-state index contributed by atoms with van der Waals surface area (Å²) in [6.45, 7) is 1.69. The van der Waals surface area contributed by atoms with Gasteiger partial charge in [0.25, 0.3) is 5.91 Å². The summed E-state index contributed by atoms with van der Waals surface area (Å²) in [6, 6.07) is 3.64. The third kappa shape index (κ3) is 2.42. The van der Waals surface area contributed by atoms with Gasteiger partial charge in [-0.3, -0.25) is 4.79 Å². The lowest BCUT2D eigenvalue weighted by Gasteiger charge is -2.26. The van der Waals surface area contributed by atoms with E-state index in [0.717, 1.165) is 13.1 Å². The van der Waals surface area contributed by atoms with Gasteiger partial charge in [-0.1, -0.05) is 16.8 Å². The van der Waals surface area contributed by atoms with Gasteiger partial charge in [-0.15, -0.1) is 5.10 Å². The maximum absolute atomic E-state index is 12.0. The number of carbonyl (C=O) groups is 1. The Morgan fingerprint density at radius 2 is 2.37 bits per heavy atom. The van der Waals surface area contributed by atoms with E-state index < -0.39 is 0 Å². The summed E-state index contributed by atoms with van der Waals surface area (Å²) >= 11 is 5.87. The molecule has 2 aromatic rings. The van der Waals surface area contributed by atoms with Crippen molar-refractivity contribution in [2.75, 3.05) is 18.4 Å². The quantitative estimate of drug-likeness (QED) is 0.808. The highest BCUT2D eigenvalue weighted by atomic mass is 35.5. The van der Waals surface area contributed by atoms with Crippen LogP contribution in [0.25, 0.3) is 0 Å². The number of nitrogens with one attached hydrogen (secondary N) is 2. The highest BCUT2D eigenvalue weighted by Crippen LogP contribution is 2.18. The molecule has 0 spiro atoms. The Hall–Kier alpha value is -1.99. The van der Waals surface area contributed by atoms with Gasteiger partial charge in [0.1, 0.15) is 0 Å². The van der Waals surface area contributed by atoms with Crippen LogP contribution in [0.15, 0.2) is 24.5 Å². The van der Waals surface area contributed by atoms with Gasteiger partial charge in [0.05, 0.1) is 17.9 Å². The molecule has 0 radical (unpaired) electrons. The first-order valence-corrected chi connectivity index (χ1v) is 6.16. The summed E-state index contributed by atoms with van der Waals surface area (Å²) in [4.78, 5) is 15.9. The normalized spacial score (nSPS) is 15.0. The molecule has 19 heavy (non-hydrogen) atoms. The van der Waals surface area contributed by atoms with Crippen molar-refractivity contribution in [3.05, 3.63) is 35.4 Å². The van der Waals surface area contributed by atoms with Crippen LogP contribution in [0, 0.1) is 0 Å². The average molecular weight is 279 g/mol. The van der Waals surface area contributed by atoms with Crippen LogP contribution in [0.2, 0.25) is 5.15 Å². The Morgan fingerprint density at radius 3 is 3.05 bits per heavy atom. The van der Waals surface area contributed by atoms with Crippen LogP contribution < -0.4 is 10.6 Å². The van der Waals surface area contributed by atoms with Gasteiger partial charge < -0.3 is 10.6 Å². The molecule has 1 aliphatic heterocycles. The van der Waals surface area contributed by atoms with Crippen molar-refractivity contribution in [1.82, 2.24) is 25.3 Å². The van der Waals surface area contributed by atoms with E-state index in [1.54, 1.807) is 29.2 Å². The van der Waals surface area contributed by atoms with Crippen LogP contribution in [-0.2, 0) is 0 Å². The molecule has 0 bridgehead atoms. The third-order valence-corrected chi connectivity index (χ3v) is 3.19. The van der Waals surface area contributed by atoms with Crippen LogP contribution in [0.5, 0.6) is 0 Å². The molecule has 0 unspecified atom stereocenters. The molecule has 2 aromatic heterocycles. The monoisotopic (exact) mass is 278 g/mol.